The van der Waals surface area contributed by atoms with E-state index in [-0.39, 0.29) is 18.0 Å². The molecule has 10 heteroatoms. The number of benzene rings is 3. The van der Waals surface area contributed by atoms with Crippen LogP contribution in [-0.4, -0.2) is 40.1 Å². The van der Waals surface area contributed by atoms with Crippen LogP contribution in [0.4, 0.5) is 11.4 Å². The minimum Gasteiger partial charge on any atom is -0.383 e. The predicted octanol–water partition coefficient (Wildman–Crippen LogP) is 5.71. The van der Waals surface area contributed by atoms with Crippen LogP contribution in [0.15, 0.2) is 82.6 Å². The number of nitrogens with zero attached hydrogens (tertiary/aromatic N) is 1. The van der Waals surface area contributed by atoms with Gasteiger partial charge in [0.15, 0.2) is 0 Å². The number of nitrogens with two attached hydrogens (primary N) is 1. The Kier molecular flexibility index (Phi) is 9.94. The lowest BCUT2D eigenvalue weighted by atomic mass is 10.2. The molecule has 3 aromatic rings. The van der Waals surface area contributed by atoms with Crippen molar-refractivity contribution in [1.82, 2.24) is 0 Å². The molecule has 1 atom stereocenters. The summed E-state index contributed by atoms with van der Waals surface area (Å²) in [5.74, 6) is 0.777. The number of rotatable bonds is 12. The Balaban J connectivity index is 1.84. The Bertz CT molecular complexity index is 1160. The third-order valence-corrected chi connectivity index (χ3v) is 8.22. The van der Waals surface area contributed by atoms with Crippen molar-refractivity contribution in [2.45, 2.75) is 22.9 Å². The van der Waals surface area contributed by atoms with Crippen molar-refractivity contribution < 1.29 is 13.2 Å². The second-order valence-corrected chi connectivity index (χ2v) is 11.1. The van der Waals surface area contributed by atoms with Crippen molar-refractivity contribution in [1.29, 1.82) is 0 Å². The SMILES string of the molecule is CC(OCCN)N(c1ccccc1NCCSc1ccc(Cl)cc1)S(=O)(=O)c1ccc(Cl)cc1. The average Bonchev–Trinajstić information content (AvgIpc) is 2.83. The summed E-state index contributed by atoms with van der Waals surface area (Å²) >= 11 is 13.6. The van der Waals surface area contributed by atoms with E-state index in [4.69, 9.17) is 33.7 Å². The summed E-state index contributed by atoms with van der Waals surface area (Å²) < 4.78 is 34.4. The topological polar surface area (TPSA) is 84.7 Å². The van der Waals surface area contributed by atoms with Crippen molar-refractivity contribution in [3.05, 3.63) is 82.8 Å². The summed E-state index contributed by atoms with van der Waals surface area (Å²) in [6, 6.07) is 21.0. The van der Waals surface area contributed by atoms with Crippen LogP contribution in [0.25, 0.3) is 0 Å². The molecular formula is C24H27Cl2N3O3S2. The van der Waals surface area contributed by atoms with Gasteiger partial charge in [-0.2, -0.15) is 0 Å². The molecule has 0 aliphatic heterocycles. The normalized spacial score (nSPS) is 12.4. The molecule has 0 aliphatic rings. The number of nitrogens with one attached hydrogen (secondary N) is 1. The van der Waals surface area contributed by atoms with Gasteiger partial charge in [-0.1, -0.05) is 35.3 Å². The van der Waals surface area contributed by atoms with Gasteiger partial charge in [0, 0.05) is 33.8 Å². The number of ether oxygens (including phenoxy) is 1. The van der Waals surface area contributed by atoms with E-state index < -0.39 is 16.3 Å². The van der Waals surface area contributed by atoms with E-state index in [1.165, 1.54) is 16.4 Å². The van der Waals surface area contributed by atoms with Gasteiger partial charge in [0.1, 0.15) is 6.23 Å². The Morgan fingerprint density at radius 3 is 2.26 bits per heavy atom. The monoisotopic (exact) mass is 539 g/mol. The molecule has 0 aliphatic carbocycles. The first-order chi connectivity index (χ1) is 16.3. The number of hydrogen-bond acceptors (Lipinski definition) is 6. The number of hydrogen-bond donors (Lipinski definition) is 2. The molecular weight excluding hydrogens is 513 g/mol. The van der Waals surface area contributed by atoms with E-state index in [0.717, 1.165) is 10.6 Å². The Morgan fingerprint density at radius 1 is 1.00 bits per heavy atom. The summed E-state index contributed by atoms with van der Waals surface area (Å²) in [5, 5.41) is 4.52. The smallest absolute Gasteiger partial charge is 0.266 e. The summed E-state index contributed by atoms with van der Waals surface area (Å²) in [7, 11) is -3.95. The van der Waals surface area contributed by atoms with Crippen molar-refractivity contribution in [2.24, 2.45) is 5.73 Å². The number of sulfonamides is 1. The highest BCUT2D eigenvalue weighted by atomic mass is 35.5. The molecule has 0 saturated carbocycles. The fraction of sp³-hybridized carbons (Fsp3) is 0.250. The van der Waals surface area contributed by atoms with Crippen LogP contribution in [-0.2, 0) is 14.8 Å². The zero-order valence-corrected chi connectivity index (χ0v) is 21.8. The second-order valence-electron chi connectivity index (χ2n) is 7.26. The standard InChI is InChI=1S/C24H27Cl2N3O3S2/c1-18(32-16-14-27)29(34(30,31)22-12-8-20(26)9-13-22)24-5-3-2-4-23(24)28-15-17-33-21-10-6-19(25)7-11-21/h2-13,18,28H,14-17,27H2,1H3. The first-order valence-corrected chi connectivity index (χ1v) is 13.8. The van der Waals surface area contributed by atoms with E-state index in [0.29, 0.717) is 28.0 Å². The van der Waals surface area contributed by atoms with E-state index >= 15 is 0 Å². The Morgan fingerprint density at radius 2 is 1.62 bits per heavy atom. The second kappa shape index (κ2) is 12.7. The lowest BCUT2D eigenvalue weighted by Crippen LogP contribution is -2.41. The Labute approximate surface area is 215 Å². The average molecular weight is 541 g/mol. The number of halogens is 2. The van der Waals surface area contributed by atoms with Crippen molar-refractivity contribution in [2.75, 3.05) is 35.1 Å². The molecule has 0 spiro atoms. The molecule has 0 heterocycles. The molecule has 3 rings (SSSR count). The number of anilines is 2. The lowest BCUT2D eigenvalue weighted by molar-refractivity contribution is 0.0802. The molecule has 182 valence electrons. The van der Waals surface area contributed by atoms with E-state index in [9.17, 15) is 8.42 Å². The molecule has 6 nitrogen and oxygen atoms in total. The molecule has 3 aromatic carbocycles. The fourth-order valence-electron chi connectivity index (χ4n) is 3.25. The van der Waals surface area contributed by atoms with Gasteiger partial charge in [0.25, 0.3) is 10.0 Å². The molecule has 0 bridgehead atoms. The fourth-order valence-corrected chi connectivity index (χ4v) is 5.85. The van der Waals surface area contributed by atoms with Crippen molar-refractivity contribution in [3.63, 3.8) is 0 Å². The van der Waals surface area contributed by atoms with Crippen LogP contribution in [0.2, 0.25) is 10.0 Å². The minimum absolute atomic E-state index is 0.119. The highest BCUT2D eigenvalue weighted by Gasteiger charge is 2.31. The van der Waals surface area contributed by atoms with Gasteiger partial charge in [-0.05, 0) is 67.6 Å². The molecule has 3 N–H and O–H groups in total. The maximum Gasteiger partial charge on any atom is 0.266 e. The van der Waals surface area contributed by atoms with Gasteiger partial charge >= 0.3 is 0 Å². The summed E-state index contributed by atoms with van der Waals surface area (Å²) in [4.78, 5) is 1.23. The highest BCUT2D eigenvalue weighted by Crippen LogP contribution is 2.33. The van der Waals surface area contributed by atoms with Crippen LogP contribution in [0, 0.1) is 0 Å². The quantitative estimate of drug-likeness (QED) is 0.174. The molecule has 0 fully saturated rings. The molecule has 0 radical (unpaired) electrons. The highest BCUT2D eigenvalue weighted by molar-refractivity contribution is 7.99. The van der Waals surface area contributed by atoms with Crippen LogP contribution in [0.3, 0.4) is 0 Å². The van der Waals surface area contributed by atoms with Gasteiger partial charge in [-0.15, -0.1) is 11.8 Å². The molecule has 1 unspecified atom stereocenters. The van der Waals surface area contributed by atoms with Gasteiger partial charge in [0.05, 0.1) is 22.9 Å². The lowest BCUT2D eigenvalue weighted by Gasteiger charge is -2.32. The molecule has 34 heavy (non-hydrogen) atoms. The van der Waals surface area contributed by atoms with Crippen LogP contribution in [0.1, 0.15) is 6.92 Å². The van der Waals surface area contributed by atoms with E-state index in [1.807, 2.05) is 36.4 Å². The zero-order valence-electron chi connectivity index (χ0n) is 18.7. The van der Waals surface area contributed by atoms with Crippen LogP contribution in [0.5, 0.6) is 0 Å². The predicted molar refractivity (Wildman–Crippen MR) is 143 cm³/mol. The van der Waals surface area contributed by atoms with Crippen LogP contribution < -0.4 is 15.4 Å². The third kappa shape index (κ3) is 7.04. The van der Waals surface area contributed by atoms with Crippen molar-refractivity contribution in [3.8, 4) is 0 Å². The number of thioether (sulfide) groups is 1. The molecule has 0 saturated heterocycles. The number of para-hydroxylation sites is 2. The van der Waals surface area contributed by atoms with Gasteiger partial charge in [0.2, 0.25) is 0 Å². The molecule has 0 aromatic heterocycles. The first kappa shape index (κ1) is 26.7. The first-order valence-electron chi connectivity index (χ1n) is 10.7. The van der Waals surface area contributed by atoms with Crippen LogP contribution >= 0.6 is 35.0 Å². The van der Waals surface area contributed by atoms with E-state index in [2.05, 4.69) is 5.32 Å². The van der Waals surface area contributed by atoms with Gasteiger partial charge < -0.3 is 15.8 Å². The minimum atomic E-state index is -3.95. The maximum atomic E-state index is 13.7. The van der Waals surface area contributed by atoms with Gasteiger partial charge in [-0.25, -0.2) is 12.7 Å². The van der Waals surface area contributed by atoms with E-state index in [1.54, 1.807) is 43.0 Å². The summed E-state index contributed by atoms with van der Waals surface area (Å²) in [6.07, 6.45) is -0.782. The maximum absolute atomic E-state index is 13.7. The molecule has 0 amide bonds. The summed E-state index contributed by atoms with van der Waals surface area (Å²) in [6.45, 7) is 2.82. The third-order valence-electron chi connectivity index (χ3n) is 4.82. The Hall–Kier alpha value is -1.94. The largest absolute Gasteiger partial charge is 0.383 e. The van der Waals surface area contributed by atoms with Gasteiger partial charge in [-0.3, -0.25) is 0 Å². The summed E-state index contributed by atoms with van der Waals surface area (Å²) in [5.41, 5.74) is 6.76. The van der Waals surface area contributed by atoms with Crippen molar-refractivity contribution >= 4 is 56.4 Å². The zero-order chi connectivity index (χ0) is 24.6.